The highest BCUT2D eigenvalue weighted by Crippen LogP contribution is 2.28. The number of benzene rings is 3. The number of fused-ring (bicyclic) bond motifs is 2. The van der Waals surface area contributed by atoms with E-state index < -0.39 is 0 Å². The van der Waals surface area contributed by atoms with Gasteiger partial charge in [-0.3, -0.25) is 19.8 Å². The van der Waals surface area contributed by atoms with E-state index in [1.165, 1.54) is 12.7 Å². The van der Waals surface area contributed by atoms with Crippen molar-refractivity contribution in [3.8, 4) is 5.75 Å². The third-order valence-electron chi connectivity index (χ3n) is 7.74. The number of ether oxygens (including phenoxy) is 1. The predicted octanol–water partition coefficient (Wildman–Crippen LogP) is 7.10. The third-order valence-corrected chi connectivity index (χ3v) is 9.89. The van der Waals surface area contributed by atoms with Gasteiger partial charge in [0.05, 0.1) is 30.3 Å². The van der Waals surface area contributed by atoms with E-state index >= 15 is 0 Å². The molecule has 0 atom stereocenters. The van der Waals surface area contributed by atoms with E-state index in [0.717, 1.165) is 43.3 Å². The highest BCUT2D eigenvalue weighted by Gasteiger charge is 2.13. The number of methoxy groups -OCH3 is 1. The summed E-state index contributed by atoms with van der Waals surface area (Å²) in [4.78, 5) is 41.6. The maximum atomic E-state index is 12.5. The first-order valence-electron chi connectivity index (χ1n) is 16.3. The molecule has 5 aromatic heterocycles. The van der Waals surface area contributed by atoms with E-state index in [1.807, 2.05) is 48.5 Å². The second-order valence-corrected chi connectivity index (χ2v) is 13.5. The largest absolute Gasteiger partial charge is 0.497 e. The summed E-state index contributed by atoms with van der Waals surface area (Å²) >= 11 is 3.18. The number of thioether (sulfide) groups is 2. The van der Waals surface area contributed by atoms with Gasteiger partial charge in [0.15, 0.2) is 17.0 Å². The smallest absolute Gasteiger partial charge is 0.277 e. The van der Waals surface area contributed by atoms with Crippen molar-refractivity contribution in [1.82, 2.24) is 45.5 Å². The van der Waals surface area contributed by atoms with Gasteiger partial charge in [0.1, 0.15) is 34.2 Å². The van der Waals surface area contributed by atoms with Crippen molar-refractivity contribution in [1.29, 1.82) is 0 Å². The molecule has 4 N–H and O–H groups in total. The van der Waals surface area contributed by atoms with Crippen LogP contribution < -0.4 is 15.4 Å². The minimum absolute atomic E-state index is 0.181. The lowest BCUT2D eigenvalue weighted by Crippen LogP contribution is -2.12. The molecule has 0 aliphatic carbocycles. The molecule has 270 valence electrons. The minimum Gasteiger partial charge on any atom is -0.497 e. The Morgan fingerprint density at radius 1 is 0.722 bits per heavy atom. The Morgan fingerprint density at radius 3 is 1.85 bits per heavy atom. The van der Waals surface area contributed by atoms with Crippen LogP contribution in [-0.4, -0.2) is 64.4 Å². The summed E-state index contributed by atoms with van der Waals surface area (Å²) in [5, 5.41) is 26.7. The van der Waals surface area contributed by atoms with Gasteiger partial charge in [-0.05, 0) is 60.5 Å². The molecule has 0 fully saturated rings. The monoisotopic (exact) mass is 757 g/mol. The molecule has 0 aliphatic heterocycles. The third kappa shape index (κ3) is 8.88. The second kappa shape index (κ2) is 16.8. The molecule has 17 heteroatoms. The Morgan fingerprint density at radius 2 is 1.30 bits per heavy atom. The summed E-state index contributed by atoms with van der Waals surface area (Å²) in [6.45, 7) is 1.74. The van der Waals surface area contributed by atoms with Crippen molar-refractivity contribution < 1.29 is 18.8 Å². The molecule has 2 amide bonds. The number of aromatic amines is 2. The molecule has 0 unspecified atom stereocenters. The number of H-pyrrole nitrogens is 2. The number of carbonyl (C=O) groups is 2. The molecule has 0 radical (unpaired) electrons. The summed E-state index contributed by atoms with van der Waals surface area (Å²) in [5.41, 5.74) is 5.80. The summed E-state index contributed by atoms with van der Waals surface area (Å²) in [7, 11) is 1.58. The van der Waals surface area contributed by atoms with Crippen LogP contribution in [0.2, 0.25) is 0 Å². The summed E-state index contributed by atoms with van der Waals surface area (Å²) in [6.07, 6.45) is 6.48. The highest BCUT2D eigenvalue weighted by molar-refractivity contribution is 7.98. The zero-order chi connectivity index (χ0) is 37.3. The van der Waals surface area contributed by atoms with Crippen LogP contribution in [0.4, 0.5) is 11.4 Å². The Balaban J connectivity index is 0.000000167. The number of nitrogens with zero attached hydrogens (tertiary/aromatic N) is 7. The number of hydrogen-bond donors (Lipinski definition) is 4. The molecule has 15 nitrogen and oxygen atoms in total. The number of rotatable bonds is 11. The minimum atomic E-state index is -0.303. The van der Waals surface area contributed by atoms with Gasteiger partial charge in [-0.15, -0.1) is 23.5 Å². The van der Waals surface area contributed by atoms with Crippen LogP contribution in [0.25, 0.3) is 22.1 Å². The van der Waals surface area contributed by atoms with E-state index in [-0.39, 0.29) is 17.5 Å². The summed E-state index contributed by atoms with van der Waals surface area (Å²) < 4.78 is 10.1. The van der Waals surface area contributed by atoms with Crippen LogP contribution in [0.3, 0.4) is 0 Å². The SMILES string of the molecule is COc1cccc(C(=O)Nc2cccc(CSc3ncnc4[nH]ncc34)c2)c1.Cc1cc(C(=O)Nc2cccc(CSc3ncnc4[nH]ncc34)c2)no1. The van der Waals surface area contributed by atoms with Crippen LogP contribution in [-0.2, 0) is 11.5 Å². The van der Waals surface area contributed by atoms with Crippen molar-refractivity contribution in [3.63, 3.8) is 0 Å². The van der Waals surface area contributed by atoms with Crippen LogP contribution in [0.15, 0.2) is 118 Å². The maximum absolute atomic E-state index is 12.5. The first-order chi connectivity index (χ1) is 26.4. The lowest BCUT2D eigenvalue weighted by atomic mass is 10.2. The van der Waals surface area contributed by atoms with Crippen LogP contribution in [0.1, 0.15) is 37.7 Å². The standard InChI is InChI=1S/C20H17N5O2S.C17H14N6O2S/c1-27-16-7-3-5-14(9-16)19(26)24-15-6-2-4-13(8-15)11-28-20-17-10-23-25-18(17)21-12-22-20;1-10-5-14(23-25-10)16(24)21-12-4-2-3-11(6-12)8-26-17-13-7-20-22-15(13)18-9-19-17/h2-10,12H,11H2,1H3,(H,24,26)(H,21,22,23,25);2-7,9H,8H2,1H3,(H,21,24)(H,18,19,20,22). The number of aromatic nitrogens is 9. The van der Waals surface area contributed by atoms with Crippen molar-refractivity contribution in [2.45, 2.75) is 28.5 Å². The number of anilines is 2. The van der Waals surface area contributed by atoms with E-state index in [0.29, 0.717) is 39.9 Å². The zero-order valence-electron chi connectivity index (χ0n) is 28.8. The Labute approximate surface area is 316 Å². The van der Waals surface area contributed by atoms with Crippen LogP contribution in [0.5, 0.6) is 5.75 Å². The fraction of sp³-hybridized carbons (Fsp3) is 0.108. The Bertz CT molecular complexity index is 2550. The molecule has 0 saturated carbocycles. The molecule has 3 aromatic carbocycles. The average molecular weight is 758 g/mol. The lowest BCUT2D eigenvalue weighted by Gasteiger charge is -2.08. The second-order valence-electron chi connectivity index (χ2n) is 11.6. The van der Waals surface area contributed by atoms with Crippen molar-refractivity contribution in [2.24, 2.45) is 0 Å². The fourth-order valence-corrected chi connectivity index (χ4v) is 6.95. The summed E-state index contributed by atoms with van der Waals surface area (Å²) in [5.74, 6) is 2.16. The molecule has 8 rings (SSSR count). The van der Waals surface area contributed by atoms with Gasteiger partial charge in [0.25, 0.3) is 11.8 Å². The number of hydrogen-bond acceptors (Lipinski definition) is 13. The van der Waals surface area contributed by atoms with Crippen molar-refractivity contribution in [2.75, 3.05) is 17.7 Å². The topological polar surface area (TPSA) is 202 Å². The number of aryl methyl sites for hydroxylation is 1. The van der Waals surface area contributed by atoms with Gasteiger partial charge in [-0.1, -0.05) is 35.5 Å². The highest BCUT2D eigenvalue weighted by atomic mass is 32.2. The molecule has 0 saturated heterocycles. The predicted molar refractivity (Wildman–Crippen MR) is 206 cm³/mol. The van der Waals surface area contributed by atoms with Gasteiger partial charge in [0, 0.05) is 34.5 Å². The quantitative estimate of drug-likeness (QED) is 0.0769. The van der Waals surface area contributed by atoms with Crippen LogP contribution in [0, 0.1) is 6.92 Å². The fourth-order valence-electron chi connectivity index (χ4n) is 5.13. The van der Waals surface area contributed by atoms with Gasteiger partial charge in [-0.25, -0.2) is 19.9 Å². The number of amides is 2. The lowest BCUT2D eigenvalue weighted by molar-refractivity contribution is 0.101. The van der Waals surface area contributed by atoms with Gasteiger partial charge < -0.3 is 19.9 Å². The van der Waals surface area contributed by atoms with Gasteiger partial charge in [-0.2, -0.15) is 10.2 Å². The molecule has 54 heavy (non-hydrogen) atoms. The zero-order valence-corrected chi connectivity index (χ0v) is 30.4. The average Bonchev–Trinajstić information content (AvgIpc) is 3.99. The van der Waals surface area contributed by atoms with E-state index in [9.17, 15) is 9.59 Å². The van der Waals surface area contributed by atoms with Crippen molar-refractivity contribution >= 4 is 68.8 Å². The molecule has 8 aromatic rings. The molecule has 5 heterocycles. The van der Waals surface area contributed by atoms with E-state index in [4.69, 9.17) is 9.26 Å². The normalized spacial score (nSPS) is 10.9. The molecule has 0 aliphatic rings. The first kappa shape index (κ1) is 35.8. The number of nitrogens with one attached hydrogen (secondary N) is 4. The van der Waals surface area contributed by atoms with Crippen LogP contribution >= 0.6 is 23.5 Å². The van der Waals surface area contributed by atoms with Crippen molar-refractivity contribution in [3.05, 3.63) is 132 Å². The Kier molecular flexibility index (Phi) is 11.2. The molecule has 0 bridgehead atoms. The Hall–Kier alpha value is -6.59. The van der Waals surface area contributed by atoms with E-state index in [1.54, 1.807) is 80.3 Å². The summed E-state index contributed by atoms with van der Waals surface area (Å²) in [6, 6.07) is 24.1. The molecule has 0 spiro atoms. The molecular formula is C37H31N11O4S2. The van der Waals surface area contributed by atoms with Gasteiger partial charge >= 0.3 is 0 Å². The maximum Gasteiger partial charge on any atom is 0.277 e. The first-order valence-corrected chi connectivity index (χ1v) is 18.3. The van der Waals surface area contributed by atoms with Gasteiger partial charge in [0.2, 0.25) is 0 Å². The van der Waals surface area contributed by atoms with E-state index in [2.05, 4.69) is 56.1 Å². The number of carbonyl (C=O) groups excluding carboxylic acids is 2. The molecular weight excluding hydrogens is 727 g/mol.